The lowest BCUT2D eigenvalue weighted by molar-refractivity contribution is -0.117. The van der Waals surface area contributed by atoms with Crippen LogP contribution in [0.15, 0.2) is 11.6 Å². The van der Waals surface area contributed by atoms with Crippen LogP contribution in [0.1, 0.15) is 20.8 Å². The third kappa shape index (κ3) is 2.18. The molecule has 1 amide bonds. The fourth-order valence-corrected chi connectivity index (χ4v) is 0.770. The maximum atomic E-state index is 10.7. The number of hydrogen-bond acceptors (Lipinski definition) is 2. The van der Waals surface area contributed by atoms with E-state index in [9.17, 15) is 9.59 Å². The Labute approximate surface area is 66.5 Å². The van der Waals surface area contributed by atoms with E-state index in [1.165, 1.54) is 6.08 Å². The van der Waals surface area contributed by atoms with Crippen LogP contribution in [0, 0.1) is 0 Å². The van der Waals surface area contributed by atoms with Crippen molar-refractivity contribution in [1.82, 2.24) is 5.32 Å². The van der Waals surface area contributed by atoms with E-state index >= 15 is 0 Å². The Morgan fingerprint density at radius 1 is 1.36 bits per heavy atom. The number of ketones is 1. The number of carbonyl (C=O) groups is 2. The van der Waals surface area contributed by atoms with Crippen molar-refractivity contribution in [3.05, 3.63) is 11.6 Å². The summed E-state index contributed by atoms with van der Waals surface area (Å²) in [4.78, 5) is 21.3. The van der Waals surface area contributed by atoms with Gasteiger partial charge in [0.05, 0.1) is 12.1 Å². The van der Waals surface area contributed by atoms with Gasteiger partial charge >= 0.3 is 0 Å². The molecule has 0 saturated carbocycles. The summed E-state index contributed by atoms with van der Waals surface area (Å²) >= 11 is 0. The van der Waals surface area contributed by atoms with Gasteiger partial charge in [0.15, 0.2) is 5.78 Å². The van der Waals surface area contributed by atoms with Gasteiger partial charge in [-0.05, 0) is 6.92 Å². The molecule has 0 aliphatic carbocycles. The van der Waals surface area contributed by atoms with Crippen molar-refractivity contribution in [2.45, 2.75) is 20.8 Å². The molecule has 1 saturated heterocycles. The second-order valence-corrected chi connectivity index (χ2v) is 1.81. The van der Waals surface area contributed by atoms with Crippen LogP contribution in [0.25, 0.3) is 0 Å². The Bertz CT molecular complexity index is 176. The van der Waals surface area contributed by atoms with Gasteiger partial charge in [-0.15, -0.1) is 0 Å². The lowest BCUT2D eigenvalue weighted by Crippen LogP contribution is -2.14. The summed E-state index contributed by atoms with van der Waals surface area (Å²) in [6.45, 7) is 5.84. The first-order valence-corrected chi connectivity index (χ1v) is 3.73. The van der Waals surface area contributed by atoms with Gasteiger partial charge in [-0.3, -0.25) is 9.59 Å². The predicted molar refractivity (Wildman–Crippen MR) is 43.1 cm³/mol. The van der Waals surface area contributed by atoms with Crippen molar-refractivity contribution in [2.75, 3.05) is 6.54 Å². The fraction of sp³-hybridized carbons (Fsp3) is 0.500. The molecule has 0 atom stereocenters. The normalized spacial score (nSPS) is 19.4. The quantitative estimate of drug-likeness (QED) is 0.412. The molecule has 3 nitrogen and oxygen atoms in total. The number of rotatable bonds is 0. The molecule has 1 aliphatic rings. The lowest BCUT2D eigenvalue weighted by atomic mass is 10.2. The summed E-state index contributed by atoms with van der Waals surface area (Å²) in [6, 6.07) is 0. The van der Waals surface area contributed by atoms with Crippen LogP contribution in [-0.4, -0.2) is 18.2 Å². The number of hydrogen-bond donors (Lipinski definition) is 1. The lowest BCUT2D eigenvalue weighted by Gasteiger charge is -1.83. The van der Waals surface area contributed by atoms with Crippen LogP contribution >= 0.6 is 0 Å². The van der Waals surface area contributed by atoms with E-state index < -0.39 is 0 Å². The highest BCUT2D eigenvalue weighted by Gasteiger charge is 2.23. The molecule has 0 aromatic carbocycles. The van der Waals surface area contributed by atoms with E-state index in [0.29, 0.717) is 0 Å². The zero-order chi connectivity index (χ0) is 8.85. The van der Waals surface area contributed by atoms with Crippen LogP contribution in [0.5, 0.6) is 0 Å². The molecule has 0 spiro atoms. The van der Waals surface area contributed by atoms with Gasteiger partial charge in [0.1, 0.15) is 0 Å². The first-order chi connectivity index (χ1) is 5.25. The van der Waals surface area contributed by atoms with Crippen LogP contribution in [0.4, 0.5) is 0 Å². The molecule has 1 heterocycles. The average Bonchev–Trinajstić information content (AvgIpc) is 2.35. The van der Waals surface area contributed by atoms with Crippen LogP contribution in [0.2, 0.25) is 0 Å². The standard InChI is InChI=1S/C6H7NO2.C2H6/c1-2-4-5(8)3-7-6(4)9;1-2/h2H,3H2,1H3,(H,7,9);1-2H3/b4-2-;. The van der Waals surface area contributed by atoms with Crippen molar-refractivity contribution in [1.29, 1.82) is 0 Å². The molecule has 1 fully saturated rings. The van der Waals surface area contributed by atoms with Crippen molar-refractivity contribution >= 4 is 11.7 Å². The molecule has 0 unspecified atom stereocenters. The largest absolute Gasteiger partial charge is 0.344 e. The Morgan fingerprint density at radius 3 is 2.09 bits per heavy atom. The summed E-state index contributed by atoms with van der Waals surface area (Å²) < 4.78 is 0. The predicted octanol–water partition coefficient (Wildman–Crippen LogP) is 0.658. The summed E-state index contributed by atoms with van der Waals surface area (Å²) in [5, 5.41) is 2.41. The number of allylic oxidation sites excluding steroid dienone is 1. The zero-order valence-corrected chi connectivity index (χ0v) is 7.10. The Balaban J connectivity index is 0.000000461. The SMILES string of the molecule is C/C=C1/C(=O)CNC1=O.CC. The Morgan fingerprint density at radius 2 is 1.91 bits per heavy atom. The van der Waals surface area contributed by atoms with Crippen molar-refractivity contribution < 1.29 is 9.59 Å². The van der Waals surface area contributed by atoms with E-state index in [2.05, 4.69) is 5.32 Å². The van der Waals surface area contributed by atoms with Crippen molar-refractivity contribution in [3.8, 4) is 0 Å². The first kappa shape index (κ1) is 9.88. The minimum Gasteiger partial charge on any atom is -0.344 e. The molecule has 1 N–H and O–H groups in total. The zero-order valence-electron chi connectivity index (χ0n) is 7.10. The van der Waals surface area contributed by atoms with Gasteiger partial charge in [-0.25, -0.2) is 0 Å². The number of carbonyl (C=O) groups excluding carboxylic acids is 2. The van der Waals surface area contributed by atoms with Gasteiger partial charge in [-0.2, -0.15) is 0 Å². The van der Waals surface area contributed by atoms with Crippen LogP contribution < -0.4 is 5.32 Å². The van der Waals surface area contributed by atoms with Crippen molar-refractivity contribution in [2.24, 2.45) is 0 Å². The van der Waals surface area contributed by atoms with Gasteiger partial charge < -0.3 is 5.32 Å². The van der Waals surface area contributed by atoms with E-state index in [1.54, 1.807) is 6.92 Å². The highest BCUT2D eigenvalue weighted by molar-refractivity contribution is 6.24. The summed E-state index contributed by atoms with van der Waals surface area (Å²) in [5.74, 6) is -0.356. The van der Waals surface area contributed by atoms with Crippen LogP contribution in [0.3, 0.4) is 0 Å². The molecule has 62 valence electrons. The maximum absolute atomic E-state index is 10.7. The highest BCUT2D eigenvalue weighted by Crippen LogP contribution is 2.01. The smallest absolute Gasteiger partial charge is 0.255 e. The molecular weight excluding hydrogens is 142 g/mol. The molecule has 0 bridgehead atoms. The number of amides is 1. The second-order valence-electron chi connectivity index (χ2n) is 1.81. The highest BCUT2D eigenvalue weighted by atomic mass is 16.2. The summed E-state index contributed by atoms with van der Waals surface area (Å²) in [5.41, 5.74) is 0.287. The molecule has 11 heavy (non-hydrogen) atoms. The van der Waals surface area contributed by atoms with Crippen molar-refractivity contribution in [3.63, 3.8) is 0 Å². The number of nitrogens with one attached hydrogen (secondary N) is 1. The van der Waals surface area contributed by atoms with E-state index in [1.807, 2.05) is 13.8 Å². The topological polar surface area (TPSA) is 46.2 Å². The number of Topliss-reactive ketones (excluding diaryl/α,β-unsaturated/α-hetero) is 1. The Kier molecular flexibility index (Phi) is 4.18. The molecular formula is C8H13NO2. The first-order valence-electron chi connectivity index (χ1n) is 3.73. The molecule has 0 aromatic heterocycles. The van der Waals surface area contributed by atoms with E-state index in [4.69, 9.17) is 0 Å². The minimum atomic E-state index is -0.248. The van der Waals surface area contributed by atoms with E-state index in [-0.39, 0.29) is 23.8 Å². The Hall–Kier alpha value is -1.12. The summed E-state index contributed by atoms with van der Waals surface area (Å²) in [7, 11) is 0. The maximum Gasteiger partial charge on any atom is 0.255 e. The molecule has 1 aliphatic heterocycles. The molecule has 1 rings (SSSR count). The third-order valence-corrected chi connectivity index (χ3v) is 1.24. The fourth-order valence-electron chi connectivity index (χ4n) is 0.770. The van der Waals surface area contributed by atoms with Gasteiger partial charge in [-0.1, -0.05) is 19.9 Å². The van der Waals surface area contributed by atoms with Gasteiger partial charge in [0.2, 0.25) is 0 Å². The van der Waals surface area contributed by atoms with E-state index in [0.717, 1.165) is 0 Å². The second kappa shape index (κ2) is 4.66. The molecule has 0 aromatic rings. The monoisotopic (exact) mass is 155 g/mol. The van der Waals surface area contributed by atoms with Gasteiger partial charge in [0.25, 0.3) is 5.91 Å². The third-order valence-electron chi connectivity index (χ3n) is 1.24. The summed E-state index contributed by atoms with van der Waals surface area (Å²) in [6.07, 6.45) is 1.53. The molecule has 3 heteroatoms. The molecule has 0 radical (unpaired) electrons. The van der Waals surface area contributed by atoms with Crippen LogP contribution in [-0.2, 0) is 9.59 Å². The average molecular weight is 155 g/mol. The van der Waals surface area contributed by atoms with Gasteiger partial charge in [0, 0.05) is 0 Å². The minimum absolute atomic E-state index is 0.109.